The van der Waals surface area contributed by atoms with E-state index in [0.717, 1.165) is 0 Å². The minimum atomic E-state index is -0.878. The Labute approximate surface area is 72.3 Å². The Hall–Kier alpha value is -0.650. The highest BCUT2D eigenvalue weighted by atomic mass is 16.3. The number of rotatable bonds is 4. The maximum atomic E-state index is 11.0. The largest absolute Gasteiger partial charge is 0.391 e. The maximum absolute atomic E-state index is 11.0. The summed E-state index contributed by atoms with van der Waals surface area (Å²) in [5.41, 5.74) is 10.4. The van der Waals surface area contributed by atoms with Crippen molar-refractivity contribution in [2.24, 2.45) is 5.73 Å². The van der Waals surface area contributed by atoms with E-state index >= 15 is 0 Å². The molecule has 12 heavy (non-hydrogen) atoms. The van der Waals surface area contributed by atoms with Crippen molar-refractivity contribution in [1.82, 2.24) is 10.9 Å². The number of hydrogen-bond donors (Lipinski definition) is 4. The van der Waals surface area contributed by atoms with E-state index in [0.29, 0.717) is 0 Å². The predicted octanol–water partition coefficient (Wildman–Crippen LogP) is -1.28. The SMILES string of the molecule is CC(C)NNC(=O)C(N)C(C)O. The molecule has 0 rings (SSSR count). The summed E-state index contributed by atoms with van der Waals surface area (Å²) in [5.74, 6) is -0.404. The van der Waals surface area contributed by atoms with Crippen LogP contribution in [0, 0.1) is 0 Å². The van der Waals surface area contributed by atoms with E-state index in [4.69, 9.17) is 10.8 Å². The molecule has 1 amide bonds. The first-order chi connectivity index (χ1) is 5.45. The quantitative estimate of drug-likeness (QED) is 0.401. The lowest BCUT2D eigenvalue weighted by Crippen LogP contribution is -2.53. The van der Waals surface area contributed by atoms with Crippen molar-refractivity contribution >= 4 is 5.91 Å². The van der Waals surface area contributed by atoms with Gasteiger partial charge in [-0.1, -0.05) is 0 Å². The van der Waals surface area contributed by atoms with Crippen molar-refractivity contribution in [2.75, 3.05) is 0 Å². The minimum Gasteiger partial charge on any atom is -0.391 e. The minimum absolute atomic E-state index is 0.148. The molecule has 5 nitrogen and oxygen atoms in total. The Morgan fingerprint density at radius 3 is 2.25 bits per heavy atom. The number of hydrazine groups is 1. The van der Waals surface area contributed by atoms with Crippen LogP contribution < -0.4 is 16.6 Å². The van der Waals surface area contributed by atoms with Gasteiger partial charge in [0, 0.05) is 6.04 Å². The number of nitrogens with one attached hydrogen (secondary N) is 2. The molecule has 0 radical (unpaired) electrons. The van der Waals surface area contributed by atoms with E-state index < -0.39 is 18.1 Å². The van der Waals surface area contributed by atoms with Crippen LogP contribution in [0.2, 0.25) is 0 Å². The summed E-state index contributed by atoms with van der Waals surface area (Å²) >= 11 is 0. The highest BCUT2D eigenvalue weighted by molar-refractivity contribution is 5.81. The molecule has 0 bridgehead atoms. The van der Waals surface area contributed by atoms with E-state index in [1.54, 1.807) is 0 Å². The molecule has 0 heterocycles. The van der Waals surface area contributed by atoms with Crippen molar-refractivity contribution in [1.29, 1.82) is 0 Å². The highest BCUT2D eigenvalue weighted by Gasteiger charge is 2.18. The van der Waals surface area contributed by atoms with E-state index in [1.807, 2.05) is 13.8 Å². The van der Waals surface area contributed by atoms with Gasteiger partial charge in [-0.15, -0.1) is 0 Å². The van der Waals surface area contributed by atoms with E-state index in [1.165, 1.54) is 6.92 Å². The normalized spacial score (nSPS) is 15.8. The van der Waals surface area contributed by atoms with Crippen molar-refractivity contribution in [3.8, 4) is 0 Å². The molecule has 5 N–H and O–H groups in total. The van der Waals surface area contributed by atoms with Crippen LogP contribution in [0.1, 0.15) is 20.8 Å². The predicted molar refractivity (Wildman–Crippen MR) is 46.1 cm³/mol. The summed E-state index contributed by atoms with van der Waals surface area (Å²) in [5, 5.41) is 8.94. The number of carbonyl (C=O) groups excluding carboxylic acids is 1. The molecule has 0 saturated heterocycles. The molecule has 0 aromatic carbocycles. The molecular weight excluding hydrogens is 158 g/mol. The summed E-state index contributed by atoms with van der Waals surface area (Å²) in [6, 6.07) is -0.730. The van der Waals surface area contributed by atoms with Gasteiger partial charge in [-0.2, -0.15) is 0 Å². The van der Waals surface area contributed by atoms with Crippen molar-refractivity contribution in [2.45, 2.75) is 39.0 Å². The van der Waals surface area contributed by atoms with Crippen LogP contribution in [0.15, 0.2) is 0 Å². The molecule has 0 aromatic heterocycles. The third-order valence-electron chi connectivity index (χ3n) is 1.31. The van der Waals surface area contributed by atoms with E-state index in [2.05, 4.69) is 10.9 Å². The number of aliphatic hydroxyl groups excluding tert-OH is 1. The molecule has 72 valence electrons. The lowest BCUT2D eigenvalue weighted by molar-refractivity contribution is -0.125. The zero-order valence-corrected chi connectivity index (χ0v) is 7.66. The first-order valence-corrected chi connectivity index (χ1v) is 3.94. The van der Waals surface area contributed by atoms with Gasteiger partial charge >= 0.3 is 0 Å². The Kier molecular flexibility index (Phi) is 4.80. The molecule has 0 saturated carbocycles. The zero-order valence-electron chi connectivity index (χ0n) is 7.66. The molecule has 0 spiro atoms. The van der Waals surface area contributed by atoms with Gasteiger partial charge in [0.05, 0.1) is 6.10 Å². The fraction of sp³-hybridized carbons (Fsp3) is 0.857. The third-order valence-corrected chi connectivity index (χ3v) is 1.31. The van der Waals surface area contributed by atoms with Crippen molar-refractivity contribution in [3.63, 3.8) is 0 Å². The number of amides is 1. The molecule has 0 fully saturated rings. The van der Waals surface area contributed by atoms with Gasteiger partial charge in [0.25, 0.3) is 5.91 Å². The second-order valence-electron chi connectivity index (χ2n) is 3.05. The smallest absolute Gasteiger partial charge is 0.253 e. The fourth-order valence-electron chi connectivity index (χ4n) is 0.518. The van der Waals surface area contributed by atoms with Gasteiger partial charge < -0.3 is 10.8 Å². The number of hydrogen-bond acceptors (Lipinski definition) is 4. The van der Waals surface area contributed by atoms with Gasteiger partial charge in [0.15, 0.2) is 0 Å². The van der Waals surface area contributed by atoms with Crippen LogP contribution in [-0.4, -0.2) is 29.2 Å². The average Bonchev–Trinajstić information content (AvgIpc) is 1.98. The van der Waals surface area contributed by atoms with Crippen LogP contribution in [-0.2, 0) is 4.79 Å². The number of aliphatic hydroxyl groups is 1. The maximum Gasteiger partial charge on any atom is 0.253 e. The van der Waals surface area contributed by atoms with Crippen LogP contribution in [0.25, 0.3) is 0 Å². The van der Waals surface area contributed by atoms with Crippen LogP contribution in [0.4, 0.5) is 0 Å². The van der Waals surface area contributed by atoms with E-state index in [-0.39, 0.29) is 6.04 Å². The molecule has 2 atom stereocenters. The summed E-state index contributed by atoms with van der Waals surface area (Å²) in [7, 11) is 0. The van der Waals surface area contributed by atoms with Crippen LogP contribution in [0.3, 0.4) is 0 Å². The number of nitrogens with two attached hydrogens (primary N) is 1. The van der Waals surface area contributed by atoms with Gasteiger partial charge in [-0.3, -0.25) is 10.2 Å². The van der Waals surface area contributed by atoms with E-state index in [9.17, 15) is 4.79 Å². The summed E-state index contributed by atoms with van der Waals surface area (Å²) in [4.78, 5) is 11.0. The van der Waals surface area contributed by atoms with Gasteiger partial charge in [0.2, 0.25) is 0 Å². The monoisotopic (exact) mass is 175 g/mol. The van der Waals surface area contributed by atoms with Crippen molar-refractivity contribution in [3.05, 3.63) is 0 Å². The molecule has 0 aliphatic heterocycles. The van der Waals surface area contributed by atoms with Crippen LogP contribution >= 0.6 is 0 Å². The third kappa shape index (κ3) is 4.27. The Balaban J connectivity index is 3.72. The Bertz CT molecular complexity index is 148. The second-order valence-corrected chi connectivity index (χ2v) is 3.05. The van der Waals surface area contributed by atoms with Gasteiger partial charge in [-0.25, -0.2) is 5.43 Å². The summed E-state index contributed by atoms with van der Waals surface area (Å²) in [6.45, 7) is 5.24. The Morgan fingerprint density at radius 1 is 1.42 bits per heavy atom. The first kappa shape index (κ1) is 11.4. The summed E-state index contributed by atoms with van der Waals surface area (Å²) in [6.07, 6.45) is -0.834. The second kappa shape index (κ2) is 5.08. The van der Waals surface area contributed by atoms with Crippen molar-refractivity contribution < 1.29 is 9.90 Å². The topological polar surface area (TPSA) is 87.4 Å². The molecule has 0 aromatic rings. The van der Waals surface area contributed by atoms with Crippen LogP contribution in [0.5, 0.6) is 0 Å². The lowest BCUT2D eigenvalue weighted by atomic mass is 10.2. The number of carbonyl (C=O) groups is 1. The molecule has 5 heteroatoms. The first-order valence-electron chi connectivity index (χ1n) is 3.94. The Morgan fingerprint density at radius 2 is 1.92 bits per heavy atom. The lowest BCUT2D eigenvalue weighted by Gasteiger charge is -2.16. The molecule has 2 unspecified atom stereocenters. The molecular formula is C7H17N3O2. The van der Waals surface area contributed by atoms with Gasteiger partial charge in [0.1, 0.15) is 6.04 Å². The van der Waals surface area contributed by atoms with Gasteiger partial charge in [-0.05, 0) is 20.8 Å². The fourth-order valence-corrected chi connectivity index (χ4v) is 0.518. The average molecular weight is 175 g/mol. The standard InChI is InChI=1S/C7H17N3O2/c1-4(2)9-10-7(12)6(8)5(3)11/h4-6,9,11H,8H2,1-3H3,(H,10,12). The highest BCUT2D eigenvalue weighted by Crippen LogP contribution is 1.87. The molecule has 0 aliphatic carbocycles. The molecule has 0 aliphatic rings. The zero-order chi connectivity index (χ0) is 9.72. The summed E-state index contributed by atoms with van der Waals surface area (Å²) < 4.78 is 0.